The Morgan fingerprint density at radius 1 is 0.977 bits per heavy atom. The van der Waals surface area contributed by atoms with E-state index >= 15 is 0 Å². The van der Waals surface area contributed by atoms with Crippen molar-refractivity contribution >= 4 is 11.8 Å². The van der Waals surface area contributed by atoms with Crippen molar-refractivity contribution in [2.75, 3.05) is 39.8 Å². The molecule has 2 saturated heterocycles. The average Bonchev–Trinajstić information content (AvgIpc) is 3.79. The normalized spacial score (nSPS) is 19.9. The van der Waals surface area contributed by atoms with Crippen LogP contribution in [0.3, 0.4) is 0 Å². The Kier molecular flexibility index (Phi) is 8.36. The highest BCUT2D eigenvalue weighted by atomic mass is 16.5. The molecule has 0 radical (unpaired) electrons. The lowest BCUT2D eigenvalue weighted by atomic mass is 9.72. The molecule has 44 heavy (non-hydrogen) atoms. The summed E-state index contributed by atoms with van der Waals surface area (Å²) in [6, 6.07) is 19.5. The third-order valence-corrected chi connectivity index (χ3v) is 9.44. The van der Waals surface area contributed by atoms with E-state index in [9.17, 15) is 14.8 Å². The van der Waals surface area contributed by atoms with E-state index in [1.54, 1.807) is 31.6 Å². The molecular weight excluding hydrogens is 560 g/mol. The molecule has 0 bridgehead atoms. The Labute approximate surface area is 255 Å². The van der Waals surface area contributed by atoms with Gasteiger partial charge >= 0.3 is 0 Å². The van der Waals surface area contributed by atoms with Crippen LogP contribution in [0.2, 0.25) is 0 Å². The fourth-order valence-electron chi connectivity index (χ4n) is 6.83. The van der Waals surface area contributed by atoms with Gasteiger partial charge in [0.05, 0.1) is 23.8 Å². The highest BCUT2D eigenvalue weighted by molar-refractivity contribution is 5.98. The molecule has 1 unspecified atom stereocenters. The lowest BCUT2D eigenvalue weighted by Crippen LogP contribution is -2.51. The van der Waals surface area contributed by atoms with Crippen LogP contribution in [0.25, 0.3) is 5.69 Å². The molecule has 0 spiro atoms. The first-order valence-electron chi connectivity index (χ1n) is 14.8. The molecule has 2 aliphatic heterocycles. The maximum absolute atomic E-state index is 14.0. The van der Waals surface area contributed by atoms with Gasteiger partial charge in [-0.15, -0.1) is 5.10 Å². The molecule has 2 aliphatic rings. The number of methoxy groups -OCH3 is 1. The van der Waals surface area contributed by atoms with E-state index in [-0.39, 0.29) is 17.2 Å². The standard InChI is InChI=1S/C32H36N8O4/c1-44-28-8-7-26(40-23-34-36-37-40)21-27(28)29(41)39-20-12-31(22-39,24-5-3-2-4-6-24)11-17-38-18-13-32(14-19-38,30(42)35-43)25-9-15-33-16-10-25/h2-10,15-16,21,23,43H,11-14,17-20,22H2,1H3,(H,35,42). The van der Waals surface area contributed by atoms with Gasteiger partial charge in [0.2, 0.25) is 0 Å². The smallest absolute Gasteiger partial charge is 0.257 e. The summed E-state index contributed by atoms with van der Waals surface area (Å²) in [6.07, 6.45) is 7.72. The number of amides is 2. The van der Waals surface area contributed by atoms with E-state index in [0.717, 1.165) is 24.9 Å². The summed E-state index contributed by atoms with van der Waals surface area (Å²) in [7, 11) is 1.56. The Morgan fingerprint density at radius 3 is 2.43 bits per heavy atom. The number of pyridine rings is 1. The third-order valence-electron chi connectivity index (χ3n) is 9.44. The molecule has 1 atom stereocenters. The van der Waals surface area contributed by atoms with Gasteiger partial charge in [-0.05, 0) is 97.2 Å². The average molecular weight is 597 g/mol. The second-order valence-corrected chi connectivity index (χ2v) is 11.6. The topological polar surface area (TPSA) is 139 Å². The van der Waals surface area contributed by atoms with E-state index in [1.807, 2.05) is 34.6 Å². The molecular formula is C32H36N8O4. The second-order valence-electron chi connectivity index (χ2n) is 11.6. The van der Waals surface area contributed by atoms with Crippen molar-refractivity contribution in [3.05, 3.63) is 96.1 Å². The van der Waals surface area contributed by atoms with Gasteiger partial charge in [-0.2, -0.15) is 0 Å². The molecule has 0 saturated carbocycles. The van der Waals surface area contributed by atoms with Crippen LogP contribution >= 0.6 is 0 Å². The van der Waals surface area contributed by atoms with E-state index in [0.29, 0.717) is 56.0 Å². The molecule has 2 fully saturated rings. The zero-order valence-corrected chi connectivity index (χ0v) is 24.7. The number of aromatic nitrogens is 5. The monoisotopic (exact) mass is 596 g/mol. The molecule has 2 aromatic heterocycles. The van der Waals surface area contributed by atoms with Gasteiger partial charge in [-0.3, -0.25) is 19.8 Å². The Morgan fingerprint density at radius 2 is 1.75 bits per heavy atom. The van der Waals surface area contributed by atoms with E-state index < -0.39 is 5.41 Å². The summed E-state index contributed by atoms with van der Waals surface area (Å²) in [5.74, 6) is 0.0280. The number of nitrogens with zero attached hydrogens (tertiary/aromatic N) is 7. The Bertz CT molecular complexity index is 1580. The van der Waals surface area contributed by atoms with Crippen LogP contribution in [-0.4, -0.2) is 91.8 Å². The van der Waals surface area contributed by atoms with Crippen molar-refractivity contribution in [1.29, 1.82) is 0 Å². The maximum Gasteiger partial charge on any atom is 0.257 e. The number of rotatable bonds is 9. The van der Waals surface area contributed by atoms with Gasteiger partial charge in [0.25, 0.3) is 11.8 Å². The lowest BCUT2D eigenvalue weighted by Gasteiger charge is -2.41. The summed E-state index contributed by atoms with van der Waals surface area (Å²) >= 11 is 0. The predicted molar refractivity (Wildman–Crippen MR) is 160 cm³/mol. The van der Waals surface area contributed by atoms with Crippen molar-refractivity contribution in [2.45, 2.75) is 36.5 Å². The highest BCUT2D eigenvalue weighted by Crippen LogP contribution is 2.41. The minimum absolute atomic E-state index is 0.0929. The molecule has 0 aliphatic carbocycles. The van der Waals surface area contributed by atoms with Crippen molar-refractivity contribution in [1.82, 2.24) is 40.5 Å². The number of carbonyl (C=O) groups excluding carboxylic acids is 2. The zero-order valence-electron chi connectivity index (χ0n) is 24.7. The van der Waals surface area contributed by atoms with E-state index in [2.05, 4.69) is 49.7 Å². The molecule has 4 aromatic rings. The van der Waals surface area contributed by atoms with Crippen molar-refractivity contribution in [2.24, 2.45) is 0 Å². The largest absolute Gasteiger partial charge is 0.496 e. The van der Waals surface area contributed by atoms with E-state index in [4.69, 9.17) is 4.74 Å². The number of piperidine rings is 1. The number of hydroxylamine groups is 1. The number of likely N-dealkylation sites (tertiary alicyclic amines) is 2. The first-order valence-corrected chi connectivity index (χ1v) is 14.8. The SMILES string of the molecule is COc1ccc(-n2cnnn2)cc1C(=O)N1CCC(CCN2CCC(C(=O)NO)(c3ccncc3)CC2)(c2ccccc2)C1. The predicted octanol–water partition coefficient (Wildman–Crippen LogP) is 2.78. The highest BCUT2D eigenvalue weighted by Gasteiger charge is 2.45. The number of ether oxygens (including phenoxy) is 1. The van der Waals surface area contributed by atoms with Crippen LogP contribution in [0, 0.1) is 0 Å². The molecule has 228 valence electrons. The summed E-state index contributed by atoms with van der Waals surface area (Å²) in [6.45, 7) is 3.45. The fourth-order valence-corrected chi connectivity index (χ4v) is 6.83. The summed E-state index contributed by atoms with van der Waals surface area (Å²) in [5.41, 5.74) is 4.11. The quantitative estimate of drug-likeness (QED) is 0.221. The molecule has 12 heteroatoms. The fraction of sp³-hybridized carbons (Fsp3) is 0.375. The van der Waals surface area contributed by atoms with Crippen LogP contribution in [0.15, 0.2) is 79.4 Å². The van der Waals surface area contributed by atoms with Crippen LogP contribution in [-0.2, 0) is 15.6 Å². The van der Waals surface area contributed by atoms with Gasteiger partial charge in [-0.25, -0.2) is 10.2 Å². The minimum atomic E-state index is -0.794. The molecule has 2 N–H and O–H groups in total. The number of benzene rings is 2. The first-order chi connectivity index (χ1) is 21.5. The van der Waals surface area contributed by atoms with Crippen molar-refractivity contribution in [3.63, 3.8) is 0 Å². The summed E-state index contributed by atoms with van der Waals surface area (Å²) in [4.78, 5) is 35.3. The molecule has 6 rings (SSSR count). The summed E-state index contributed by atoms with van der Waals surface area (Å²) < 4.78 is 7.09. The van der Waals surface area contributed by atoms with Gasteiger partial charge < -0.3 is 14.5 Å². The Balaban J connectivity index is 1.19. The number of hydrogen-bond acceptors (Lipinski definition) is 9. The van der Waals surface area contributed by atoms with Crippen LogP contribution in [0.4, 0.5) is 0 Å². The van der Waals surface area contributed by atoms with Crippen molar-refractivity contribution in [3.8, 4) is 11.4 Å². The van der Waals surface area contributed by atoms with Crippen LogP contribution in [0.5, 0.6) is 5.75 Å². The minimum Gasteiger partial charge on any atom is -0.496 e. The van der Waals surface area contributed by atoms with Gasteiger partial charge in [0.1, 0.15) is 12.1 Å². The van der Waals surface area contributed by atoms with Crippen molar-refractivity contribution < 1.29 is 19.5 Å². The molecule has 12 nitrogen and oxygen atoms in total. The van der Waals surface area contributed by atoms with Crippen LogP contribution in [0.1, 0.15) is 47.2 Å². The first kappa shape index (κ1) is 29.4. The summed E-state index contributed by atoms with van der Waals surface area (Å²) in [5, 5.41) is 20.9. The number of tetrazole rings is 1. The number of hydrogen-bond donors (Lipinski definition) is 2. The van der Waals surface area contributed by atoms with E-state index in [1.165, 1.54) is 16.6 Å². The van der Waals surface area contributed by atoms with Crippen LogP contribution < -0.4 is 10.2 Å². The number of carbonyl (C=O) groups is 2. The maximum atomic E-state index is 14.0. The molecule has 2 aromatic carbocycles. The second kappa shape index (κ2) is 12.5. The number of nitrogens with one attached hydrogen (secondary N) is 1. The molecule has 4 heterocycles. The van der Waals surface area contributed by atoms with Gasteiger partial charge in [0, 0.05) is 30.9 Å². The Hall–Kier alpha value is -4.68. The molecule has 2 amide bonds. The van der Waals surface area contributed by atoms with Gasteiger partial charge in [0.15, 0.2) is 0 Å². The van der Waals surface area contributed by atoms with Gasteiger partial charge in [-0.1, -0.05) is 30.3 Å². The lowest BCUT2D eigenvalue weighted by molar-refractivity contribution is -0.137. The zero-order chi connectivity index (χ0) is 30.6. The third kappa shape index (κ3) is 5.53.